The number of fused-ring (bicyclic) bond motifs is 2. The van der Waals surface area contributed by atoms with E-state index < -0.39 is 17.3 Å². The van der Waals surface area contributed by atoms with Crippen molar-refractivity contribution in [1.82, 2.24) is 29.4 Å². The fraction of sp³-hybridized carbons (Fsp3) is 0.300. The normalized spacial score (nSPS) is 14.3. The zero-order valence-corrected chi connectivity index (χ0v) is 16.4. The molecule has 0 atom stereocenters. The summed E-state index contributed by atoms with van der Waals surface area (Å²) in [6, 6.07) is 3.96. The number of hydrogen-bond donors (Lipinski definition) is 1. The topological polar surface area (TPSA) is 107 Å². The van der Waals surface area contributed by atoms with Crippen molar-refractivity contribution in [2.45, 2.75) is 38.2 Å². The van der Waals surface area contributed by atoms with E-state index in [1.165, 1.54) is 30.7 Å². The highest BCUT2D eigenvalue weighted by molar-refractivity contribution is 5.91. The standard InChI is InChI=1S/C20H17F2N7O2/c1-20(21,22)11-2-5-13-15(6-11)29(12-3-4-12)27-14(19(13)31)7-18(30)25-16-9-28-10-24-26-17(28)8-23-16/h2,5-6,8-10,12H,3-4,7H2,1H3,(H,25,30). The van der Waals surface area contributed by atoms with Crippen LogP contribution in [0.4, 0.5) is 14.6 Å². The van der Waals surface area contributed by atoms with Crippen molar-refractivity contribution >= 4 is 28.3 Å². The number of carbonyl (C=O) groups is 1. The summed E-state index contributed by atoms with van der Waals surface area (Å²) in [6.07, 6.45) is 5.89. The molecule has 1 saturated carbocycles. The second-order valence-corrected chi connectivity index (χ2v) is 7.67. The van der Waals surface area contributed by atoms with E-state index in [-0.39, 0.29) is 34.9 Å². The van der Waals surface area contributed by atoms with Gasteiger partial charge in [0.25, 0.3) is 5.92 Å². The molecule has 11 heteroatoms. The Morgan fingerprint density at radius 3 is 2.87 bits per heavy atom. The molecule has 0 spiro atoms. The highest BCUT2D eigenvalue weighted by atomic mass is 19.3. The van der Waals surface area contributed by atoms with E-state index in [1.54, 1.807) is 15.3 Å². The van der Waals surface area contributed by atoms with Crippen LogP contribution in [0.1, 0.15) is 37.1 Å². The lowest BCUT2D eigenvalue weighted by atomic mass is 10.1. The summed E-state index contributed by atoms with van der Waals surface area (Å²) in [4.78, 5) is 29.6. The predicted octanol–water partition coefficient (Wildman–Crippen LogP) is 2.46. The monoisotopic (exact) mass is 425 g/mol. The number of nitrogens with zero attached hydrogens (tertiary/aromatic N) is 6. The van der Waals surface area contributed by atoms with Gasteiger partial charge in [-0.05, 0) is 25.0 Å². The zero-order chi connectivity index (χ0) is 21.8. The molecule has 31 heavy (non-hydrogen) atoms. The summed E-state index contributed by atoms with van der Waals surface area (Å²) >= 11 is 0. The van der Waals surface area contributed by atoms with E-state index >= 15 is 0 Å². The van der Waals surface area contributed by atoms with Gasteiger partial charge < -0.3 is 5.32 Å². The Hall–Kier alpha value is -3.76. The SMILES string of the molecule is CC(F)(F)c1ccc2c(=O)c(CC(=O)Nc3cn4cnnc4cn3)nn(C3CC3)c2c1. The third kappa shape index (κ3) is 3.62. The molecule has 1 aromatic carbocycles. The molecule has 1 aliphatic rings. The van der Waals surface area contributed by atoms with Crippen LogP contribution in [0.5, 0.6) is 0 Å². The average Bonchev–Trinajstić information content (AvgIpc) is 3.46. The van der Waals surface area contributed by atoms with Gasteiger partial charge in [-0.25, -0.2) is 13.8 Å². The number of anilines is 1. The van der Waals surface area contributed by atoms with Crippen molar-refractivity contribution in [3.05, 3.63) is 58.4 Å². The van der Waals surface area contributed by atoms with Gasteiger partial charge in [-0.2, -0.15) is 5.10 Å². The molecule has 3 heterocycles. The van der Waals surface area contributed by atoms with Gasteiger partial charge in [0.15, 0.2) is 5.65 Å². The third-order valence-electron chi connectivity index (χ3n) is 5.16. The highest BCUT2D eigenvalue weighted by Crippen LogP contribution is 2.37. The number of benzene rings is 1. The molecule has 1 N–H and O–H groups in total. The minimum absolute atomic E-state index is 0.0310. The van der Waals surface area contributed by atoms with Crippen molar-refractivity contribution in [3.63, 3.8) is 0 Å². The van der Waals surface area contributed by atoms with Crippen LogP contribution < -0.4 is 10.7 Å². The first-order valence-electron chi connectivity index (χ1n) is 9.68. The van der Waals surface area contributed by atoms with Gasteiger partial charge >= 0.3 is 0 Å². The van der Waals surface area contributed by atoms with Crippen LogP contribution >= 0.6 is 0 Å². The number of carbonyl (C=O) groups excluding carboxylic acids is 1. The zero-order valence-electron chi connectivity index (χ0n) is 16.4. The van der Waals surface area contributed by atoms with Gasteiger partial charge in [0, 0.05) is 17.9 Å². The Balaban J connectivity index is 1.48. The van der Waals surface area contributed by atoms with Gasteiger partial charge in [0.05, 0.1) is 30.4 Å². The van der Waals surface area contributed by atoms with Crippen LogP contribution in [-0.2, 0) is 17.1 Å². The van der Waals surface area contributed by atoms with Crippen LogP contribution in [-0.4, -0.2) is 35.3 Å². The molecule has 4 aromatic rings. The van der Waals surface area contributed by atoms with Crippen LogP contribution in [0, 0.1) is 0 Å². The molecule has 5 rings (SSSR count). The molecular formula is C20H17F2N7O2. The molecule has 1 amide bonds. The largest absolute Gasteiger partial charge is 0.309 e. The highest BCUT2D eigenvalue weighted by Gasteiger charge is 2.30. The number of aromatic nitrogens is 6. The lowest BCUT2D eigenvalue weighted by Crippen LogP contribution is -2.25. The van der Waals surface area contributed by atoms with Crippen molar-refractivity contribution in [1.29, 1.82) is 0 Å². The van der Waals surface area contributed by atoms with Crippen molar-refractivity contribution in [2.75, 3.05) is 5.32 Å². The number of nitrogens with one attached hydrogen (secondary N) is 1. The number of hydrogen-bond acceptors (Lipinski definition) is 6. The van der Waals surface area contributed by atoms with E-state index in [9.17, 15) is 18.4 Å². The molecule has 0 aliphatic heterocycles. The summed E-state index contributed by atoms with van der Waals surface area (Å²) < 4.78 is 30.8. The molecular weight excluding hydrogens is 408 g/mol. The molecule has 0 bridgehead atoms. The molecule has 0 saturated heterocycles. The second-order valence-electron chi connectivity index (χ2n) is 7.67. The minimum Gasteiger partial charge on any atom is -0.309 e. The van der Waals surface area contributed by atoms with E-state index in [1.807, 2.05) is 0 Å². The van der Waals surface area contributed by atoms with Crippen LogP contribution in [0.15, 0.2) is 41.7 Å². The number of rotatable bonds is 5. The first-order chi connectivity index (χ1) is 14.8. The number of amides is 1. The van der Waals surface area contributed by atoms with Crippen molar-refractivity contribution in [2.24, 2.45) is 0 Å². The average molecular weight is 425 g/mol. The van der Waals surface area contributed by atoms with Gasteiger partial charge in [-0.1, -0.05) is 6.07 Å². The number of alkyl halides is 2. The minimum atomic E-state index is -3.03. The van der Waals surface area contributed by atoms with Crippen LogP contribution in [0.3, 0.4) is 0 Å². The summed E-state index contributed by atoms with van der Waals surface area (Å²) in [5.74, 6) is -3.23. The Bertz CT molecular complexity index is 1390. The fourth-order valence-corrected chi connectivity index (χ4v) is 3.42. The molecule has 158 valence electrons. The molecule has 1 aliphatic carbocycles. The second kappa shape index (κ2) is 6.89. The van der Waals surface area contributed by atoms with Crippen LogP contribution in [0.25, 0.3) is 16.6 Å². The van der Waals surface area contributed by atoms with Gasteiger partial charge in [-0.3, -0.25) is 18.7 Å². The van der Waals surface area contributed by atoms with Crippen LogP contribution in [0.2, 0.25) is 0 Å². The predicted molar refractivity (Wildman–Crippen MR) is 107 cm³/mol. The van der Waals surface area contributed by atoms with E-state index in [0.717, 1.165) is 19.8 Å². The van der Waals surface area contributed by atoms with Crippen molar-refractivity contribution in [3.8, 4) is 0 Å². The number of halogens is 2. The third-order valence-corrected chi connectivity index (χ3v) is 5.16. The summed E-state index contributed by atoms with van der Waals surface area (Å²) in [5, 5.41) is 14.8. The lowest BCUT2D eigenvalue weighted by Gasteiger charge is -2.15. The first-order valence-corrected chi connectivity index (χ1v) is 9.68. The molecule has 9 nitrogen and oxygen atoms in total. The Morgan fingerprint density at radius 2 is 2.13 bits per heavy atom. The quantitative estimate of drug-likeness (QED) is 0.526. The Labute approximate surface area is 173 Å². The first kappa shape index (κ1) is 19.2. The molecule has 0 unspecified atom stereocenters. The van der Waals surface area contributed by atoms with Gasteiger partial charge in [0.1, 0.15) is 17.8 Å². The maximum absolute atomic E-state index is 13.8. The smallest absolute Gasteiger partial charge is 0.270 e. The molecule has 1 fully saturated rings. The Kier molecular flexibility index (Phi) is 4.27. The van der Waals surface area contributed by atoms with E-state index in [2.05, 4.69) is 25.6 Å². The maximum atomic E-state index is 13.8. The molecule has 0 radical (unpaired) electrons. The summed E-state index contributed by atoms with van der Waals surface area (Å²) in [7, 11) is 0. The summed E-state index contributed by atoms with van der Waals surface area (Å²) in [5.41, 5.74) is 0.305. The van der Waals surface area contributed by atoms with E-state index in [4.69, 9.17) is 0 Å². The van der Waals surface area contributed by atoms with Gasteiger partial charge in [-0.15, -0.1) is 10.2 Å². The maximum Gasteiger partial charge on any atom is 0.270 e. The fourth-order valence-electron chi connectivity index (χ4n) is 3.42. The van der Waals surface area contributed by atoms with E-state index in [0.29, 0.717) is 11.2 Å². The Morgan fingerprint density at radius 1 is 1.32 bits per heavy atom. The van der Waals surface area contributed by atoms with Crippen molar-refractivity contribution < 1.29 is 13.6 Å². The summed E-state index contributed by atoms with van der Waals surface area (Å²) in [6.45, 7) is 0.811. The van der Waals surface area contributed by atoms with Gasteiger partial charge in [0.2, 0.25) is 11.3 Å². The lowest BCUT2D eigenvalue weighted by molar-refractivity contribution is -0.115. The molecule has 3 aromatic heterocycles.